The molecule has 3 nitrogen and oxygen atoms in total. The molecule has 0 bridgehead atoms. The smallest absolute Gasteiger partial charge is 0.310 e. The lowest BCUT2D eigenvalue weighted by Crippen LogP contribution is -2.35. The van der Waals surface area contributed by atoms with Crippen LogP contribution in [0.3, 0.4) is 0 Å². The van der Waals surface area contributed by atoms with Crippen molar-refractivity contribution in [1.82, 2.24) is 0 Å². The Balaban J connectivity index is 4.03. The second kappa shape index (κ2) is 5.13. The molecular formula is C8H17NO2. The van der Waals surface area contributed by atoms with Gasteiger partial charge in [0.2, 0.25) is 0 Å². The number of hydrogen-bond donors (Lipinski definition) is 1. The molecule has 0 saturated heterocycles. The van der Waals surface area contributed by atoms with Crippen LogP contribution in [0.5, 0.6) is 0 Å². The molecule has 3 heteroatoms. The Kier molecular flexibility index (Phi) is 4.86. The van der Waals surface area contributed by atoms with Gasteiger partial charge in [-0.15, -0.1) is 0 Å². The first-order valence-corrected chi connectivity index (χ1v) is 4.00. The van der Waals surface area contributed by atoms with E-state index in [9.17, 15) is 4.79 Å². The van der Waals surface area contributed by atoms with Gasteiger partial charge in [0.15, 0.2) is 0 Å². The minimum Gasteiger partial charge on any atom is -0.469 e. The number of rotatable bonds is 4. The molecule has 2 N–H and O–H groups in total. The van der Waals surface area contributed by atoms with Gasteiger partial charge in [-0.25, -0.2) is 0 Å². The number of methoxy groups -OCH3 is 1. The van der Waals surface area contributed by atoms with Crippen molar-refractivity contribution >= 4 is 5.97 Å². The van der Waals surface area contributed by atoms with Crippen molar-refractivity contribution in [2.45, 2.75) is 32.7 Å². The van der Waals surface area contributed by atoms with Gasteiger partial charge in [0, 0.05) is 6.04 Å². The first kappa shape index (κ1) is 10.4. The van der Waals surface area contributed by atoms with Gasteiger partial charge in [0.1, 0.15) is 0 Å². The van der Waals surface area contributed by atoms with Crippen molar-refractivity contribution in [3.8, 4) is 0 Å². The molecule has 66 valence electrons. The second-order valence-corrected chi connectivity index (χ2v) is 2.61. The molecule has 2 unspecified atom stereocenters. The maximum absolute atomic E-state index is 11.0. The van der Waals surface area contributed by atoms with Crippen LogP contribution in [0, 0.1) is 5.92 Å². The monoisotopic (exact) mass is 159 g/mol. The molecule has 0 amide bonds. The largest absolute Gasteiger partial charge is 0.469 e. The SMILES string of the molecule is CCC(N)C(CC)C(=O)OC. The van der Waals surface area contributed by atoms with Crippen molar-refractivity contribution in [3.05, 3.63) is 0 Å². The highest BCUT2D eigenvalue weighted by molar-refractivity contribution is 5.72. The van der Waals surface area contributed by atoms with Crippen LogP contribution in [0.2, 0.25) is 0 Å². The van der Waals surface area contributed by atoms with Gasteiger partial charge in [0.05, 0.1) is 13.0 Å². The van der Waals surface area contributed by atoms with E-state index in [0.717, 1.165) is 12.8 Å². The highest BCUT2D eigenvalue weighted by Crippen LogP contribution is 2.11. The van der Waals surface area contributed by atoms with Gasteiger partial charge >= 0.3 is 5.97 Å². The van der Waals surface area contributed by atoms with Gasteiger partial charge in [-0.2, -0.15) is 0 Å². The maximum Gasteiger partial charge on any atom is 0.310 e. The first-order chi connectivity index (χ1) is 5.17. The fourth-order valence-electron chi connectivity index (χ4n) is 1.08. The van der Waals surface area contributed by atoms with Gasteiger partial charge in [0.25, 0.3) is 0 Å². The third-order valence-corrected chi connectivity index (χ3v) is 1.93. The summed E-state index contributed by atoms with van der Waals surface area (Å²) in [5.41, 5.74) is 5.70. The van der Waals surface area contributed by atoms with E-state index < -0.39 is 0 Å². The van der Waals surface area contributed by atoms with Crippen LogP contribution in [-0.4, -0.2) is 19.1 Å². The Morgan fingerprint density at radius 3 is 2.27 bits per heavy atom. The molecule has 0 aromatic rings. The lowest BCUT2D eigenvalue weighted by Gasteiger charge is -2.18. The maximum atomic E-state index is 11.0. The zero-order chi connectivity index (χ0) is 8.85. The van der Waals surface area contributed by atoms with E-state index in [1.165, 1.54) is 7.11 Å². The molecule has 0 radical (unpaired) electrons. The van der Waals surface area contributed by atoms with E-state index in [4.69, 9.17) is 5.73 Å². The standard InChI is InChI=1S/C8H17NO2/c1-4-6(7(9)5-2)8(10)11-3/h6-7H,4-5,9H2,1-3H3. The summed E-state index contributed by atoms with van der Waals surface area (Å²) in [6, 6.07) is -0.0625. The minimum atomic E-state index is -0.193. The van der Waals surface area contributed by atoms with Crippen LogP contribution >= 0.6 is 0 Å². The Labute approximate surface area is 67.9 Å². The Hall–Kier alpha value is -0.570. The van der Waals surface area contributed by atoms with Crippen molar-refractivity contribution in [2.24, 2.45) is 11.7 Å². The zero-order valence-corrected chi connectivity index (χ0v) is 7.46. The topological polar surface area (TPSA) is 52.3 Å². The van der Waals surface area contributed by atoms with Crippen LogP contribution in [0.1, 0.15) is 26.7 Å². The Morgan fingerprint density at radius 1 is 1.45 bits per heavy atom. The molecule has 11 heavy (non-hydrogen) atoms. The average molecular weight is 159 g/mol. The predicted molar refractivity (Wildman–Crippen MR) is 44.1 cm³/mol. The summed E-state index contributed by atoms with van der Waals surface area (Å²) in [6.07, 6.45) is 1.56. The summed E-state index contributed by atoms with van der Waals surface area (Å²) in [5.74, 6) is -0.327. The van der Waals surface area contributed by atoms with Gasteiger partial charge < -0.3 is 10.5 Å². The van der Waals surface area contributed by atoms with Crippen LogP contribution in [0.25, 0.3) is 0 Å². The quantitative estimate of drug-likeness (QED) is 0.621. The van der Waals surface area contributed by atoms with Gasteiger partial charge in [-0.1, -0.05) is 13.8 Å². The van der Waals surface area contributed by atoms with Crippen molar-refractivity contribution in [3.63, 3.8) is 0 Å². The van der Waals surface area contributed by atoms with Gasteiger partial charge in [-0.05, 0) is 12.8 Å². The zero-order valence-electron chi connectivity index (χ0n) is 7.46. The normalized spacial score (nSPS) is 15.6. The average Bonchev–Trinajstić information content (AvgIpc) is 2.05. The fraction of sp³-hybridized carbons (Fsp3) is 0.875. The highest BCUT2D eigenvalue weighted by Gasteiger charge is 2.22. The molecule has 0 rings (SSSR count). The molecule has 0 aliphatic heterocycles. The summed E-state index contributed by atoms with van der Waals surface area (Å²) in [5, 5.41) is 0. The highest BCUT2D eigenvalue weighted by atomic mass is 16.5. The first-order valence-electron chi connectivity index (χ1n) is 4.00. The lowest BCUT2D eigenvalue weighted by molar-refractivity contribution is -0.146. The third-order valence-electron chi connectivity index (χ3n) is 1.93. The summed E-state index contributed by atoms with van der Waals surface area (Å²) in [6.45, 7) is 3.91. The number of ether oxygens (including phenoxy) is 1. The summed E-state index contributed by atoms with van der Waals surface area (Å²) in [7, 11) is 1.40. The molecular weight excluding hydrogens is 142 g/mol. The molecule has 0 aliphatic rings. The van der Waals surface area contributed by atoms with Crippen LogP contribution in [-0.2, 0) is 9.53 Å². The number of carbonyl (C=O) groups excluding carboxylic acids is 1. The number of nitrogens with two attached hydrogens (primary N) is 1. The fourth-order valence-corrected chi connectivity index (χ4v) is 1.08. The molecule has 2 atom stereocenters. The van der Waals surface area contributed by atoms with Crippen LogP contribution in [0.15, 0.2) is 0 Å². The van der Waals surface area contributed by atoms with E-state index in [1.807, 2.05) is 13.8 Å². The summed E-state index contributed by atoms with van der Waals surface area (Å²) < 4.78 is 4.61. The second-order valence-electron chi connectivity index (χ2n) is 2.61. The molecule has 0 aromatic carbocycles. The Morgan fingerprint density at radius 2 is 2.00 bits per heavy atom. The molecule has 0 saturated carbocycles. The molecule has 0 aliphatic carbocycles. The van der Waals surface area contributed by atoms with Crippen molar-refractivity contribution in [2.75, 3.05) is 7.11 Å². The summed E-state index contributed by atoms with van der Waals surface area (Å²) in [4.78, 5) is 11.0. The van der Waals surface area contributed by atoms with E-state index >= 15 is 0 Å². The van der Waals surface area contributed by atoms with Gasteiger partial charge in [-0.3, -0.25) is 4.79 Å². The van der Waals surface area contributed by atoms with E-state index in [0.29, 0.717) is 0 Å². The third kappa shape index (κ3) is 2.89. The van der Waals surface area contributed by atoms with Crippen LogP contribution < -0.4 is 5.73 Å². The predicted octanol–water partition coefficient (Wildman–Crippen LogP) is 0.923. The van der Waals surface area contributed by atoms with Crippen LogP contribution in [0.4, 0.5) is 0 Å². The lowest BCUT2D eigenvalue weighted by atomic mass is 9.96. The van der Waals surface area contributed by atoms with E-state index in [1.54, 1.807) is 0 Å². The molecule has 0 aromatic heterocycles. The number of hydrogen-bond acceptors (Lipinski definition) is 3. The number of esters is 1. The molecule has 0 spiro atoms. The molecule has 0 fully saturated rings. The summed E-state index contributed by atoms with van der Waals surface area (Å²) >= 11 is 0. The Bertz CT molecular complexity index is 125. The number of carbonyl (C=O) groups is 1. The molecule has 0 heterocycles. The van der Waals surface area contributed by atoms with E-state index in [2.05, 4.69) is 4.74 Å². The van der Waals surface area contributed by atoms with Crippen molar-refractivity contribution < 1.29 is 9.53 Å². The minimum absolute atomic E-state index is 0.0625. The van der Waals surface area contributed by atoms with Crippen molar-refractivity contribution in [1.29, 1.82) is 0 Å². The van der Waals surface area contributed by atoms with E-state index in [-0.39, 0.29) is 17.9 Å².